The van der Waals surface area contributed by atoms with Crippen LogP contribution in [-0.4, -0.2) is 24.1 Å². The van der Waals surface area contributed by atoms with Crippen LogP contribution in [0.1, 0.15) is 6.42 Å². The Labute approximate surface area is 94.9 Å². The second-order valence-electron chi connectivity index (χ2n) is 4.37. The molecule has 0 aliphatic carbocycles. The summed E-state index contributed by atoms with van der Waals surface area (Å²) >= 11 is 0. The Kier molecular flexibility index (Phi) is 2.26. The van der Waals surface area contributed by atoms with Crippen LogP contribution in [-0.2, 0) is 0 Å². The van der Waals surface area contributed by atoms with E-state index in [1.165, 1.54) is 16.5 Å². The van der Waals surface area contributed by atoms with Crippen molar-refractivity contribution in [2.75, 3.05) is 18.0 Å². The van der Waals surface area contributed by atoms with Crippen LogP contribution in [0.2, 0.25) is 0 Å². The number of benzene rings is 1. The van der Waals surface area contributed by atoms with Gasteiger partial charge in [0.05, 0.1) is 0 Å². The van der Waals surface area contributed by atoms with Crippen LogP contribution in [0.3, 0.4) is 0 Å². The van der Waals surface area contributed by atoms with Gasteiger partial charge in [0.2, 0.25) is 0 Å². The molecule has 2 N–H and O–H groups in total. The molecule has 1 aliphatic rings. The second kappa shape index (κ2) is 3.76. The summed E-state index contributed by atoms with van der Waals surface area (Å²) in [5.41, 5.74) is 7.24. The van der Waals surface area contributed by atoms with Crippen molar-refractivity contribution in [3.63, 3.8) is 0 Å². The highest BCUT2D eigenvalue weighted by Crippen LogP contribution is 2.28. The molecule has 1 aromatic carbocycles. The molecule has 0 spiro atoms. The standard InChI is InChI=1S/C13H15N3/c14-11-5-7-16(9-11)13-3-1-2-10-8-15-6-4-12(10)13/h1-4,6,8,11H,5,7,9,14H2/t11-/m1/s1. The first-order valence-corrected chi connectivity index (χ1v) is 5.68. The van der Waals surface area contributed by atoms with Crippen LogP contribution in [0.15, 0.2) is 36.7 Å². The Hall–Kier alpha value is -1.61. The van der Waals surface area contributed by atoms with Gasteiger partial charge in [-0.15, -0.1) is 0 Å². The minimum Gasteiger partial charge on any atom is -0.369 e. The number of fused-ring (bicyclic) bond motifs is 1. The van der Waals surface area contributed by atoms with Gasteiger partial charge in [-0.1, -0.05) is 12.1 Å². The van der Waals surface area contributed by atoms with Crippen LogP contribution >= 0.6 is 0 Å². The summed E-state index contributed by atoms with van der Waals surface area (Å²) in [6, 6.07) is 8.75. The fraction of sp³-hybridized carbons (Fsp3) is 0.308. The van der Waals surface area contributed by atoms with Crippen molar-refractivity contribution >= 4 is 16.5 Å². The van der Waals surface area contributed by atoms with Crippen molar-refractivity contribution in [1.29, 1.82) is 0 Å². The third-order valence-corrected chi connectivity index (χ3v) is 3.22. The molecule has 82 valence electrons. The van der Waals surface area contributed by atoms with Crippen LogP contribution in [0.25, 0.3) is 10.8 Å². The lowest BCUT2D eigenvalue weighted by molar-refractivity contribution is 0.752. The third kappa shape index (κ3) is 1.53. The molecule has 0 bridgehead atoms. The number of hydrogen-bond acceptors (Lipinski definition) is 3. The zero-order valence-corrected chi connectivity index (χ0v) is 9.13. The molecule has 1 fully saturated rings. The number of nitrogens with two attached hydrogens (primary N) is 1. The minimum absolute atomic E-state index is 0.317. The highest BCUT2D eigenvalue weighted by molar-refractivity contribution is 5.93. The Morgan fingerprint density at radius 1 is 1.31 bits per heavy atom. The fourth-order valence-corrected chi connectivity index (χ4v) is 2.39. The quantitative estimate of drug-likeness (QED) is 0.785. The molecule has 1 aliphatic heterocycles. The van der Waals surface area contributed by atoms with E-state index in [1.54, 1.807) is 0 Å². The molecule has 0 amide bonds. The van der Waals surface area contributed by atoms with Crippen molar-refractivity contribution in [2.24, 2.45) is 5.73 Å². The van der Waals surface area contributed by atoms with E-state index in [9.17, 15) is 0 Å². The summed E-state index contributed by atoms with van der Waals surface area (Å²) in [5, 5.41) is 2.46. The van der Waals surface area contributed by atoms with E-state index >= 15 is 0 Å². The Morgan fingerprint density at radius 2 is 2.25 bits per heavy atom. The number of rotatable bonds is 1. The monoisotopic (exact) mass is 213 g/mol. The van der Waals surface area contributed by atoms with Crippen LogP contribution in [0, 0.1) is 0 Å². The van der Waals surface area contributed by atoms with Crippen LogP contribution in [0.5, 0.6) is 0 Å². The average Bonchev–Trinajstić information content (AvgIpc) is 2.75. The SMILES string of the molecule is N[C@@H]1CCN(c2cccc3cnccc23)C1. The van der Waals surface area contributed by atoms with E-state index in [-0.39, 0.29) is 0 Å². The molecular formula is C13H15N3. The topological polar surface area (TPSA) is 42.1 Å². The van der Waals surface area contributed by atoms with Gasteiger partial charge in [-0.25, -0.2) is 0 Å². The molecule has 3 nitrogen and oxygen atoms in total. The van der Waals surface area contributed by atoms with E-state index in [2.05, 4.69) is 34.1 Å². The van der Waals surface area contributed by atoms with Crippen LogP contribution in [0.4, 0.5) is 5.69 Å². The van der Waals surface area contributed by atoms with E-state index < -0.39 is 0 Å². The summed E-state index contributed by atoms with van der Waals surface area (Å²) in [5.74, 6) is 0. The van der Waals surface area contributed by atoms with Crippen molar-refractivity contribution in [3.05, 3.63) is 36.7 Å². The third-order valence-electron chi connectivity index (χ3n) is 3.22. The molecular weight excluding hydrogens is 198 g/mol. The maximum absolute atomic E-state index is 5.95. The molecule has 2 heterocycles. The largest absolute Gasteiger partial charge is 0.369 e. The number of aromatic nitrogens is 1. The fourth-order valence-electron chi connectivity index (χ4n) is 2.39. The smallest absolute Gasteiger partial charge is 0.0447 e. The van der Waals surface area contributed by atoms with Gasteiger partial charge < -0.3 is 10.6 Å². The van der Waals surface area contributed by atoms with Crippen molar-refractivity contribution in [1.82, 2.24) is 4.98 Å². The lowest BCUT2D eigenvalue weighted by atomic mass is 10.1. The molecule has 3 rings (SSSR count). The number of anilines is 1. The van der Waals surface area contributed by atoms with Gasteiger partial charge in [0.1, 0.15) is 0 Å². The molecule has 0 radical (unpaired) electrons. The molecule has 2 aromatic rings. The van der Waals surface area contributed by atoms with Gasteiger partial charge in [0.25, 0.3) is 0 Å². The maximum Gasteiger partial charge on any atom is 0.0447 e. The normalized spacial score (nSPS) is 20.6. The summed E-state index contributed by atoms with van der Waals surface area (Å²) in [6.07, 6.45) is 4.85. The molecule has 1 aromatic heterocycles. The van der Waals surface area contributed by atoms with E-state index in [1.807, 2.05) is 12.4 Å². The lowest BCUT2D eigenvalue weighted by Crippen LogP contribution is -2.26. The summed E-state index contributed by atoms with van der Waals surface area (Å²) in [4.78, 5) is 6.52. The number of nitrogens with zero attached hydrogens (tertiary/aromatic N) is 2. The van der Waals surface area contributed by atoms with Gasteiger partial charge in [-0.05, 0) is 18.6 Å². The zero-order chi connectivity index (χ0) is 11.0. The van der Waals surface area contributed by atoms with Crippen LogP contribution < -0.4 is 10.6 Å². The zero-order valence-electron chi connectivity index (χ0n) is 9.13. The first kappa shape index (κ1) is 9.60. The summed E-state index contributed by atoms with van der Waals surface area (Å²) in [7, 11) is 0. The summed E-state index contributed by atoms with van der Waals surface area (Å²) in [6.45, 7) is 2.02. The number of pyridine rings is 1. The number of hydrogen-bond donors (Lipinski definition) is 1. The molecule has 16 heavy (non-hydrogen) atoms. The van der Waals surface area contributed by atoms with E-state index in [0.29, 0.717) is 6.04 Å². The lowest BCUT2D eigenvalue weighted by Gasteiger charge is -2.20. The van der Waals surface area contributed by atoms with Crippen molar-refractivity contribution < 1.29 is 0 Å². The molecule has 0 unspecified atom stereocenters. The Bertz CT molecular complexity index is 504. The van der Waals surface area contributed by atoms with Crippen molar-refractivity contribution in [2.45, 2.75) is 12.5 Å². The highest BCUT2D eigenvalue weighted by Gasteiger charge is 2.20. The van der Waals surface area contributed by atoms with Gasteiger partial charge in [0, 0.05) is 48.0 Å². The first-order valence-electron chi connectivity index (χ1n) is 5.68. The van der Waals surface area contributed by atoms with Gasteiger partial charge >= 0.3 is 0 Å². The van der Waals surface area contributed by atoms with E-state index in [4.69, 9.17) is 5.73 Å². The first-order chi connectivity index (χ1) is 7.84. The maximum atomic E-state index is 5.95. The van der Waals surface area contributed by atoms with Gasteiger partial charge in [-0.3, -0.25) is 4.98 Å². The predicted octanol–water partition coefficient (Wildman–Crippen LogP) is 1.77. The Morgan fingerprint density at radius 3 is 3.06 bits per heavy atom. The van der Waals surface area contributed by atoms with Gasteiger partial charge in [0.15, 0.2) is 0 Å². The molecule has 1 atom stereocenters. The Balaban J connectivity index is 2.09. The average molecular weight is 213 g/mol. The summed E-state index contributed by atoms with van der Waals surface area (Å²) < 4.78 is 0. The second-order valence-corrected chi connectivity index (χ2v) is 4.37. The van der Waals surface area contributed by atoms with Crippen molar-refractivity contribution in [3.8, 4) is 0 Å². The van der Waals surface area contributed by atoms with E-state index in [0.717, 1.165) is 19.5 Å². The highest BCUT2D eigenvalue weighted by atomic mass is 15.2. The minimum atomic E-state index is 0.317. The molecule has 0 saturated carbocycles. The molecule has 1 saturated heterocycles. The molecule has 3 heteroatoms. The predicted molar refractivity (Wildman–Crippen MR) is 66.5 cm³/mol. The van der Waals surface area contributed by atoms with Gasteiger partial charge in [-0.2, -0.15) is 0 Å².